The van der Waals surface area contributed by atoms with Crippen LogP contribution in [0.1, 0.15) is 6.42 Å². The summed E-state index contributed by atoms with van der Waals surface area (Å²) in [6, 6.07) is 0. The van der Waals surface area contributed by atoms with Gasteiger partial charge in [-0.2, -0.15) is 0 Å². The van der Waals surface area contributed by atoms with Crippen molar-refractivity contribution in [3.8, 4) is 0 Å². The van der Waals surface area contributed by atoms with Gasteiger partial charge in [-0.15, -0.1) is 11.6 Å². The summed E-state index contributed by atoms with van der Waals surface area (Å²) in [5.74, 6) is -0.821. The van der Waals surface area contributed by atoms with E-state index < -0.39 is 5.97 Å². The minimum atomic E-state index is -0.921. The number of alkyl halides is 1. The molecule has 0 atom stereocenters. The molecule has 0 bridgehead atoms. The predicted molar refractivity (Wildman–Crippen MR) is 22.5 cm³/mol. The van der Waals surface area contributed by atoms with Crippen molar-refractivity contribution in [2.24, 2.45) is 0 Å². The number of carbonyl (C=O) groups excluding carboxylic acids is 1. The second kappa shape index (κ2) is 3.87. The molecular weight excluding hydrogens is 122 g/mol. The summed E-state index contributed by atoms with van der Waals surface area (Å²) < 4.78 is 10.7. The third-order valence-electron chi connectivity index (χ3n) is 0.385. The fourth-order valence-corrected chi connectivity index (χ4v) is 0.270. The van der Waals surface area contributed by atoms with Crippen LogP contribution >= 0.6 is 11.6 Å². The van der Waals surface area contributed by atoms with Crippen molar-refractivity contribution >= 4 is 17.6 Å². The average molecular weight is 127 g/mol. The van der Waals surface area contributed by atoms with Crippen LogP contribution < -0.4 is 0 Å². The summed E-state index contributed by atoms with van der Waals surface area (Å²) in [5, 5.41) is 0. The average Bonchev–Trinajstić information content (AvgIpc) is 1.68. The molecule has 0 rings (SSSR count). The van der Waals surface area contributed by atoms with Gasteiger partial charge >= 0.3 is 5.97 Å². The van der Waals surface area contributed by atoms with Crippen LogP contribution in [0.2, 0.25) is 0 Å². The zero-order chi connectivity index (χ0) is 5.70. The molecule has 0 aliphatic carbocycles. The van der Waals surface area contributed by atoms with Gasteiger partial charge in [0.05, 0.1) is 6.42 Å². The minimum Gasteiger partial charge on any atom is -0.255 e. The molecule has 0 heterocycles. The Morgan fingerprint density at radius 1 is 1.86 bits per heavy atom. The standard InChI is InChI=1S/C3H4ClFO2/c4-2-1-3(6)7-5/h1-2H2. The fraction of sp³-hybridized carbons (Fsp3) is 0.667. The van der Waals surface area contributed by atoms with Crippen molar-refractivity contribution < 1.29 is 14.3 Å². The smallest absolute Gasteiger partial charge is 0.255 e. The summed E-state index contributed by atoms with van der Waals surface area (Å²) in [5.41, 5.74) is 0. The highest BCUT2D eigenvalue weighted by molar-refractivity contribution is 6.18. The van der Waals surface area contributed by atoms with Crippen LogP contribution in [0.25, 0.3) is 0 Å². The maximum atomic E-state index is 10.7. The molecule has 0 unspecified atom stereocenters. The third kappa shape index (κ3) is 3.52. The molecule has 0 aliphatic rings. The topological polar surface area (TPSA) is 26.3 Å². The van der Waals surface area contributed by atoms with Gasteiger partial charge in [0.15, 0.2) is 0 Å². The monoisotopic (exact) mass is 126 g/mol. The van der Waals surface area contributed by atoms with E-state index in [2.05, 4.69) is 4.94 Å². The van der Waals surface area contributed by atoms with Crippen LogP contribution in [0.15, 0.2) is 0 Å². The summed E-state index contributed by atoms with van der Waals surface area (Å²) >= 11 is 5.01. The van der Waals surface area contributed by atoms with E-state index in [4.69, 9.17) is 11.6 Å². The third-order valence-corrected chi connectivity index (χ3v) is 0.574. The molecule has 0 amide bonds. The number of carbonyl (C=O) groups is 1. The van der Waals surface area contributed by atoms with Gasteiger partial charge in [0.25, 0.3) is 0 Å². The summed E-state index contributed by atoms with van der Waals surface area (Å²) in [4.78, 5) is 12.5. The first-order valence-electron chi connectivity index (χ1n) is 1.68. The molecule has 0 saturated heterocycles. The van der Waals surface area contributed by atoms with Crippen LogP contribution in [0.4, 0.5) is 4.53 Å². The Labute approximate surface area is 45.1 Å². The molecule has 0 aliphatic heterocycles. The molecule has 0 aromatic rings. The predicted octanol–water partition coefficient (Wildman–Crippen LogP) is 1.04. The van der Waals surface area contributed by atoms with Gasteiger partial charge < -0.3 is 0 Å². The molecule has 0 N–H and O–H groups in total. The Kier molecular flexibility index (Phi) is 3.69. The molecule has 2 nitrogen and oxygen atoms in total. The van der Waals surface area contributed by atoms with E-state index >= 15 is 0 Å². The quantitative estimate of drug-likeness (QED) is 0.517. The molecule has 0 aromatic carbocycles. The van der Waals surface area contributed by atoms with Crippen LogP contribution in [0, 0.1) is 0 Å². The Morgan fingerprint density at radius 2 is 2.43 bits per heavy atom. The number of halogens is 2. The Hall–Kier alpha value is -0.310. The second-order valence-electron chi connectivity index (χ2n) is 0.888. The molecule has 4 heteroatoms. The van der Waals surface area contributed by atoms with E-state index in [0.29, 0.717) is 0 Å². The lowest BCUT2D eigenvalue weighted by Crippen LogP contribution is -1.96. The first-order valence-corrected chi connectivity index (χ1v) is 2.22. The fourth-order valence-electron chi connectivity index (χ4n) is 0.116. The van der Waals surface area contributed by atoms with E-state index in [9.17, 15) is 9.32 Å². The molecule has 0 fully saturated rings. The van der Waals surface area contributed by atoms with Crippen molar-refractivity contribution in [3.05, 3.63) is 0 Å². The maximum Gasteiger partial charge on any atom is 0.350 e. The highest BCUT2D eigenvalue weighted by atomic mass is 35.5. The van der Waals surface area contributed by atoms with Gasteiger partial charge in [0.2, 0.25) is 0 Å². The molecule has 0 aromatic heterocycles. The Morgan fingerprint density at radius 3 is 2.57 bits per heavy atom. The Bertz CT molecular complexity index is 66.0. The number of rotatable bonds is 2. The minimum absolute atomic E-state index is 0.0714. The van der Waals surface area contributed by atoms with E-state index in [0.717, 1.165) is 0 Å². The van der Waals surface area contributed by atoms with Crippen LogP contribution in [-0.2, 0) is 9.74 Å². The second-order valence-corrected chi connectivity index (χ2v) is 1.27. The number of hydrogen-bond acceptors (Lipinski definition) is 2. The van der Waals surface area contributed by atoms with Gasteiger partial charge in [-0.1, -0.05) is 0 Å². The molecule has 0 spiro atoms. The zero-order valence-corrected chi connectivity index (χ0v) is 4.24. The molecule has 0 saturated carbocycles. The van der Waals surface area contributed by atoms with Crippen LogP contribution in [0.3, 0.4) is 0 Å². The lowest BCUT2D eigenvalue weighted by molar-refractivity contribution is -0.183. The first-order chi connectivity index (χ1) is 3.31. The van der Waals surface area contributed by atoms with E-state index in [1.54, 1.807) is 0 Å². The van der Waals surface area contributed by atoms with Crippen LogP contribution in [0.5, 0.6) is 0 Å². The Balaban J connectivity index is 3.00. The summed E-state index contributed by atoms with van der Waals surface area (Å²) in [7, 11) is 0. The maximum absolute atomic E-state index is 10.7. The van der Waals surface area contributed by atoms with Gasteiger partial charge in [0.1, 0.15) is 0 Å². The lowest BCUT2D eigenvalue weighted by Gasteiger charge is -1.83. The SMILES string of the molecule is O=C(CCCl)OF. The molecule has 42 valence electrons. The molecular formula is C3H4ClFO2. The van der Waals surface area contributed by atoms with Crippen LogP contribution in [-0.4, -0.2) is 11.8 Å². The normalized spacial score (nSPS) is 8.29. The number of hydrogen-bond donors (Lipinski definition) is 0. The zero-order valence-electron chi connectivity index (χ0n) is 3.49. The summed E-state index contributed by atoms with van der Waals surface area (Å²) in [6.07, 6.45) is -0.0714. The van der Waals surface area contributed by atoms with Crippen molar-refractivity contribution in [3.63, 3.8) is 0 Å². The largest absolute Gasteiger partial charge is 0.350 e. The van der Waals surface area contributed by atoms with Crippen molar-refractivity contribution in [2.45, 2.75) is 6.42 Å². The highest BCUT2D eigenvalue weighted by Crippen LogP contribution is 1.87. The summed E-state index contributed by atoms with van der Waals surface area (Å²) in [6.45, 7) is 0. The van der Waals surface area contributed by atoms with Gasteiger partial charge in [-0.25, -0.2) is 4.79 Å². The van der Waals surface area contributed by atoms with Gasteiger partial charge in [0, 0.05) is 10.4 Å². The van der Waals surface area contributed by atoms with Crippen molar-refractivity contribution in [1.82, 2.24) is 0 Å². The van der Waals surface area contributed by atoms with Gasteiger partial charge in [-0.3, -0.25) is 4.94 Å². The van der Waals surface area contributed by atoms with E-state index in [-0.39, 0.29) is 12.3 Å². The van der Waals surface area contributed by atoms with E-state index in [1.807, 2.05) is 0 Å². The van der Waals surface area contributed by atoms with Gasteiger partial charge in [-0.05, 0) is 0 Å². The molecule has 0 radical (unpaired) electrons. The highest BCUT2D eigenvalue weighted by Gasteiger charge is 1.98. The van der Waals surface area contributed by atoms with Crippen molar-refractivity contribution in [2.75, 3.05) is 5.88 Å². The van der Waals surface area contributed by atoms with Crippen molar-refractivity contribution in [1.29, 1.82) is 0 Å². The lowest BCUT2D eigenvalue weighted by atomic mass is 10.5. The van der Waals surface area contributed by atoms with E-state index in [1.165, 1.54) is 0 Å². The molecule has 7 heavy (non-hydrogen) atoms. The first kappa shape index (κ1) is 6.69.